The number of amides is 1. The van der Waals surface area contributed by atoms with E-state index in [1.54, 1.807) is 48.7 Å². The number of alkyl halides is 3. The third-order valence-corrected chi connectivity index (χ3v) is 4.12. The predicted molar refractivity (Wildman–Crippen MR) is 98.3 cm³/mol. The molecule has 140 valence electrons. The highest BCUT2D eigenvalue weighted by atomic mass is 19.4. The lowest BCUT2D eigenvalue weighted by atomic mass is 10.2. The van der Waals surface area contributed by atoms with Gasteiger partial charge in [0.25, 0.3) is 5.91 Å². The van der Waals surface area contributed by atoms with Crippen LogP contribution in [0.15, 0.2) is 73.1 Å². The molecular formula is C20H13F3N4O. The molecule has 0 saturated carbocycles. The molecule has 1 amide bonds. The van der Waals surface area contributed by atoms with Crippen molar-refractivity contribution >= 4 is 22.6 Å². The van der Waals surface area contributed by atoms with Crippen molar-refractivity contribution < 1.29 is 18.0 Å². The third-order valence-electron chi connectivity index (χ3n) is 4.12. The van der Waals surface area contributed by atoms with Gasteiger partial charge >= 0.3 is 6.18 Å². The van der Waals surface area contributed by atoms with Crippen LogP contribution < -0.4 is 5.32 Å². The molecule has 5 nitrogen and oxygen atoms in total. The fourth-order valence-corrected chi connectivity index (χ4v) is 2.87. The second-order valence-corrected chi connectivity index (χ2v) is 6.00. The van der Waals surface area contributed by atoms with E-state index in [2.05, 4.69) is 15.3 Å². The summed E-state index contributed by atoms with van der Waals surface area (Å²) in [6, 6.07) is 15.7. The number of para-hydroxylation sites is 2. The van der Waals surface area contributed by atoms with Gasteiger partial charge in [0, 0.05) is 23.8 Å². The number of nitrogens with one attached hydrogen (secondary N) is 1. The summed E-state index contributed by atoms with van der Waals surface area (Å²) < 4.78 is 41.5. The van der Waals surface area contributed by atoms with E-state index < -0.39 is 12.0 Å². The average Bonchev–Trinajstić information content (AvgIpc) is 3.09. The minimum atomic E-state index is -4.60. The van der Waals surface area contributed by atoms with Crippen molar-refractivity contribution in [1.82, 2.24) is 14.5 Å². The van der Waals surface area contributed by atoms with Crippen LogP contribution in [0.1, 0.15) is 16.2 Å². The second kappa shape index (κ2) is 6.80. The number of nitrogens with zero attached hydrogens (tertiary/aromatic N) is 3. The third kappa shape index (κ3) is 3.32. The number of pyridine rings is 1. The average molecular weight is 382 g/mol. The van der Waals surface area contributed by atoms with Gasteiger partial charge in [-0.3, -0.25) is 14.3 Å². The largest absolute Gasteiger partial charge is 0.450 e. The SMILES string of the molecule is O=C(Nc1ccc(-n2c(C(F)(F)F)nc3ccccc32)cc1)c1cccnc1. The Kier molecular flexibility index (Phi) is 4.31. The Labute approximate surface area is 157 Å². The van der Waals surface area contributed by atoms with Crippen LogP contribution in [-0.4, -0.2) is 20.4 Å². The minimum Gasteiger partial charge on any atom is -0.322 e. The summed E-state index contributed by atoms with van der Waals surface area (Å²) in [6.07, 6.45) is -1.62. The Balaban J connectivity index is 1.69. The first-order valence-corrected chi connectivity index (χ1v) is 8.30. The topological polar surface area (TPSA) is 59.8 Å². The van der Waals surface area contributed by atoms with Crippen molar-refractivity contribution in [2.75, 3.05) is 5.32 Å². The van der Waals surface area contributed by atoms with Gasteiger partial charge in [0.15, 0.2) is 0 Å². The Hall–Kier alpha value is -3.68. The Morgan fingerprint density at radius 2 is 1.71 bits per heavy atom. The van der Waals surface area contributed by atoms with E-state index in [1.807, 2.05) is 0 Å². The van der Waals surface area contributed by atoms with Gasteiger partial charge in [0.1, 0.15) is 0 Å². The standard InChI is InChI=1S/C20H13F3N4O/c21-20(22,23)19-26-16-5-1-2-6-17(16)27(19)15-9-7-14(8-10-15)25-18(28)13-4-3-11-24-12-13/h1-12H,(H,25,28). The van der Waals surface area contributed by atoms with Gasteiger partial charge in [-0.25, -0.2) is 4.98 Å². The normalized spacial score (nSPS) is 11.5. The number of rotatable bonds is 3. The summed E-state index contributed by atoms with van der Waals surface area (Å²) >= 11 is 0. The Bertz CT molecular complexity index is 1140. The predicted octanol–water partition coefficient (Wildman–Crippen LogP) is 4.69. The van der Waals surface area contributed by atoms with E-state index >= 15 is 0 Å². The minimum absolute atomic E-state index is 0.254. The van der Waals surface area contributed by atoms with Crippen LogP contribution in [0, 0.1) is 0 Å². The van der Waals surface area contributed by atoms with Crippen molar-refractivity contribution in [2.45, 2.75) is 6.18 Å². The lowest BCUT2D eigenvalue weighted by Crippen LogP contribution is -2.14. The lowest BCUT2D eigenvalue weighted by Gasteiger charge is -2.12. The van der Waals surface area contributed by atoms with Gasteiger partial charge in [-0.2, -0.15) is 13.2 Å². The summed E-state index contributed by atoms with van der Waals surface area (Å²) in [7, 11) is 0. The molecule has 8 heteroatoms. The van der Waals surface area contributed by atoms with Crippen molar-refractivity contribution in [3.8, 4) is 5.69 Å². The molecule has 0 radical (unpaired) electrons. The number of imidazole rings is 1. The maximum Gasteiger partial charge on any atom is 0.450 e. The molecular weight excluding hydrogens is 369 g/mol. The smallest absolute Gasteiger partial charge is 0.322 e. The monoisotopic (exact) mass is 382 g/mol. The molecule has 2 aromatic heterocycles. The van der Waals surface area contributed by atoms with E-state index in [0.717, 1.165) is 4.57 Å². The first-order valence-electron chi connectivity index (χ1n) is 8.30. The Morgan fingerprint density at radius 3 is 2.39 bits per heavy atom. The summed E-state index contributed by atoms with van der Waals surface area (Å²) in [5, 5.41) is 2.69. The number of hydrogen-bond acceptors (Lipinski definition) is 3. The molecule has 0 aliphatic carbocycles. The van der Waals surface area contributed by atoms with Crippen LogP contribution in [-0.2, 0) is 6.18 Å². The zero-order valence-corrected chi connectivity index (χ0v) is 14.3. The van der Waals surface area contributed by atoms with Crippen molar-refractivity contribution in [1.29, 1.82) is 0 Å². The number of carbonyl (C=O) groups excluding carboxylic acids is 1. The summed E-state index contributed by atoms with van der Waals surface area (Å²) in [6.45, 7) is 0. The number of halogens is 3. The van der Waals surface area contributed by atoms with Gasteiger partial charge < -0.3 is 5.32 Å². The summed E-state index contributed by atoms with van der Waals surface area (Å²) in [5.41, 5.74) is 1.73. The molecule has 4 rings (SSSR count). The van der Waals surface area contributed by atoms with Crippen molar-refractivity contribution in [2.24, 2.45) is 0 Å². The van der Waals surface area contributed by atoms with E-state index in [4.69, 9.17) is 0 Å². The van der Waals surface area contributed by atoms with Gasteiger partial charge in [-0.15, -0.1) is 0 Å². The number of fused-ring (bicyclic) bond motifs is 1. The molecule has 0 spiro atoms. The lowest BCUT2D eigenvalue weighted by molar-refractivity contribution is -0.145. The van der Waals surface area contributed by atoms with Crippen LogP contribution in [0.25, 0.3) is 16.7 Å². The molecule has 2 aromatic carbocycles. The molecule has 4 aromatic rings. The Morgan fingerprint density at radius 1 is 0.964 bits per heavy atom. The zero-order chi connectivity index (χ0) is 19.7. The molecule has 0 atom stereocenters. The molecule has 2 heterocycles. The van der Waals surface area contributed by atoms with Gasteiger partial charge in [-0.1, -0.05) is 12.1 Å². The van der Waals surface area contributed by atoms with E-state index in [1.165, 1.54) is 24.4 Å². The molecule has 0 aliphatic heterocycles. The number of carbonyl (C=O) groups is 1. The molecule has 0 unspecified atom stereocenters. The summed E-state index contributed by atoms with van der Waals surface area (Å²) in [5.74, 6) is -1.36. The van der Waals surface area contributed by atoms with Crippen LogP contribution in [0.3, 0.4) is 0 Å². The number of anilines is 1. The maximum absolute atomic E-state index is 13.5. The molecule has 1 N–H and O–H groups in total. The number of benzene rings is 2. The van der Waals surface area contributed by atoms with Gasteiger partial charge in [0.05, 0.1) is 16.6 Å². The fourth-order valence-electron chi connectivity index (χ4n) is 2.87. The summed E-state index contributed by atoms with van der Waals surface area (Å²) in [4.78, 5) is 19.8. The fraction of sp³-hybridized carbons (Fsp3) is 0.0500. The molecule has 0 fully saturated rings. The highest BCUT2D eigenvalue weighted by Crippen LogP contribution is 2.34. The van der Waals surface area contributed by atoms with E-state index in [-0.39, 0.29) is 11.4 Å². The molecule has 0 saturated heterocycles. The maximum atomic E-state index is 13.5. The van der Waals surface area contributed by atoms with E-state index in [0.29, 0.717) is 22.5 Å². The zero-order valence-electron chi connectivity index (χ0n) is 14.3. The molecule has 28 heavy (non-hydrogen) atoms. The second-order valence-electron chi connectivity index (χ2n) is 6.00. The number of aromatic nitrogens is 3. The van der Waals surface area contributed by atoms with Crippen LogP contribution in [0.2, 0.25) is 0 Å². The highest BCUT2D eigenvalue weighted by Gasteiger charge is 2.38. The van der Waals surface area contributed by atoms with Crippen molar-refractivity contribution in [3.63, 3.8) is 0 Å². The number of hydrogen-bond donors (Lipinski definition) is 1. The molecule has 0 bridgehead atoms. The van der Waals surface area contributed by atoms with Crippen LogP contribution >= 0.6 is 0 Å². The van der Waals surface area contributed by atoms with Gasteiger partial charge in [-0.05, 0) is 48.5 Å². The van der Waals surface area contributed by atoms with E-state index in [9.17, 15) is 18.0 Å². The first kappa shape index (κ1) is 17.7. The van der Waals surface area contributed by atoms with Crippen LogP contribution in [0.4, 0.5) is 18.9 Å². The first-order chi connectivity index (χ1) is 13.4. The molecule has 0 aliphatic rings. The van der Waals surface area contributed by atoms with Crippen LogP contribution in [0.5, 0.6) is 0 Å². The van der Waals surface area contributed by atoms with Gasteiger partial charge in [0.2, 0.25) is 5.82 Å². The van der Waals surface area contributed by atoms with Crippen molar-refractivity contribution in [3.05, 3.63) is 84.4 Å². The highest BCUT2D eigenvalue weighted by molar-refractivity contribution is 6.04. The quantitative estimate of drug-likeness (QED) is 0.559.